The van der Waals surface area contributed by atoms with E-state index in [-0.39, 0.29) is 10.0 Å². The molecule has 1 heterocycles. The van der Waals surface area contributed by atoms with Gasteiger partial charge in [0.15, 0.2) is 5.03 Å². The average molecular weight is 262 g/mol. The van der Waals surface area contributed by atoms with Gasteiger partial charge in [-0.15, -0.1) is 0 Å². The summed E-state index contributed by atoms with van der Waals surface area (Å²) in [5.74, 6) is 0. The molecule has 1 rings (SSSR count). The van der Waals surface area contributed by atoms with Crippen LogP contribution in [0.5, 0.6) is 0 Å². The maximum Gasteiger partial charge on any atom is 0.262 e. The zero-order chi connectivity index (χ0) is 12.5. The van der Waals surface area contributed by atoms with E-state index in [4.69, 9.17) is 18.0 Å². The van der Waals surface area contributed by atoms with Crippen molar-refractivity contribution in [1.82, 2.24) is 13.9 Å². The summed E-state index contributed by atoms with van der Waals surface area (Å²) in [5.41, 5.74) is 5.42. The second-order valence-electron chi connectivity index (χ2n) is 3.48. The van der Waals surface area contributed by atoms with Crippen LogP contribution in [-0.2, 0) is 17.1 Å². The van der Waals surface area contributed by atoms with Crippen LogP contribution >= 0.6 is 12.2 Å². The molecule has 0 spiro atoms. The monoisotopic (exact) mass is 262 g/mol. The van der Waals surface area contributed by atoms with Gasteiger partial charge in [-0.3, -0.25) is 0 Å². The van der Waals surface area contributed by atoms with Crippen molar-refractivity contribution in [2.75, 3.05) is 7.05 Å². The van der Waals surface area contributed by atoms with Crippen LogP contribution in [0.15, 0.2) is 17.6 Å². The molecular weight excluding hydrogens is 248 g/mol. The van der Waals surface area contributed by atoms with Crippen LogP contribution < -0.4 is 5.73 Å². The summed E-state index contributed by atoms with van der Waals surface area (Å²) in [6.45, 7) is 1.63. The largest absolute Gasteiger partial charge is 0.392 e. The Balaban J connectivity index is 3.08. The number of likely N-dealkylation sites (N-methyl/N-ethyl adjacent to an activating group) is 1. The second kappa shape index (κ2) is 4.48. The van der Waals surface area contributed by atoms with E-state index in [1.807, 2.05) is 0 Å². The molecule has 8 heteroatoms. The Morgan fingerprint density at radius 3 is 2.62 bits per heavy atom. The van der Waals surface area contributed by atoms with Crippen LogP contribution in [0.4, 0.5) is 0 Å². The fourth-order valence-electron chi connectivity index (χ4n) is 1.06. The molecule has 0 fully saturated rings. The normalized spacial score (nSPS) is 14.0. The topological polar surface area (TPSA) is 81.2 Å². The Labute approximate surface area is 100 Å². The number of nitrogens with zero attached hydrogens (tertiary/aromatic N) is 3. The number of nitrogens with two attached hydrogens (primary N) is 1. The average Bonchev–Trinajstić information content (AvgIpc) is 2.62. The maximum absolute atomic E-state index is 12.0. The first-order valence-corrected chi connectivity index (χ1v) is 6.37. The highest BCUT2D eigenvalue weighted by Gasteiger charge is 2.28. The third-order valence-corrected chi connectivity index (χ3v) is 4.44. The van der Waals surface area contributed by atoms with Gasteiger partial charge in [0.05, 0.1) is 17.4 Å². The molecule has 0 radical (unpaired) electrons. The van der Waals surface area contributed by atoms with Crippen LogP contribution in [-0.4, -0.2) is 40.4 Å². The van der Waals surface area contributed by atoms with Gasteiger partial charge in [0, 0.05) is 20.3 Å². The van der Waals surface area contributed by atoms with Crippen LogP contribution in [0, 0.1) is 0 Å². The second-order valence-corrected chi connectivity index (χ2v) is 5.89. The van der Waals surface area contributed by atoms with Gasteiger partial charge in [0.1, 0.15) is 0 Å². The number of hydrogen-bond donors (Lipinski definition) is 1. The minimum absolute atomic E-state index is 0.0133. The highest BCUT2D eigenvalue weighted by atomic mass is 32.2. The molecule has 0 aliphatic carbocycles. The molecule has 0 aromatic carbocycles. The lowest BCUT2D eigenvalue weighted by Gasteiger charge is -2.21. The van der Waals surface area contributed by atoms with E-state index < -0.39 is 16.1 Å². The van der Waals surface area contributed by atoms with E-state index in [2.05, 4.69) is 4.98 Å². The fraction of sp³-hybridized carbons (Fsp3) is 0.500. The molecular formula is C8H14N4O2S2. The molecule has 0 aliphatic heterocycles. The van der Waals surface area contributed by atoms with Gasteiger partial charge in [-0.1, -0.05) is 12.2 Å². The van der Waals surface area contributed by atoms with E-state index >= 15 is 0 Å². The lowest BCUT2D eigenvalue weighted by molar-refractivity contribution is 0.449. The summed E-state index contributed by atoms with van der Waals surface area (Å²) in [6.07, 6.45) is 2.85. The van der Waals surface area contributed by atoms with Crippen molar-refractivity contribution in [2.24, 2.45) is 12.8 Å². The minimum atomic E-state index is -3.63. The lowest BCUT2D eigenvalue weighted by Crippen LogP contribution is -2.42. The molecule has 1 atom stereocenters. The number of rotatable bonds is 4. The van der Waals surface area contributed by atoms with Crippen molar-refractivity contribution in [1.29, 1.82) is 0 Å². The van der Waals surface area contributed by atoms with Gasteiger partial charge < -0.3 is 10.3 Å². The van der Waals surface area contributed by atoms with Crippen LogP contribution in [0.2, 0.25) is 0 Å². The predicted molar refractivity (Wildman–Crippen MR) is 64.4 cm³/mol. The number of hydrogen-bond acceptors (Lipinski definition) is 4. The molecule has 90 valence electrons. The molecule has 0 saturated heterocycles. The van der Waals surface area contributed by atoms with E-state index in [0.29, 0.717) is 0 Å². The first-order chi connectivity index (χ1) is 7.26. The first-order valence-electron chi connectivity index (χ1n) is 4.52. The standard InChI is InChI=1S/C8H14N4O2S2/c1-6(8(9)15)12(3)16(13,14)7-4-11(2)5-10-7/h4-6H,1-3H3,(H2,9,15). The Kier molecular flexibility index (Phi) is 3.66. The number of aryl methyl sites for hydroxylation is 1. The van der Waals surface area contributed by atoms with Gasteiger partial charge in [-0.2, -0.15) is 4.31 Å². The summed E-state index contributed by atoms with van der Waals surface area (Å²) in [7, 11) is -0.507. The van der Waals surface area contributed by atoms with Gasteiger partial charge in [0.2, 0.25) is 0 Å². The molecule has 16 heavy (non-hydrogen) atoms. The van der Waals surface area contributed by atoms with E-state index in [1.54, 1.807) is 18.5 Å². The highest BCUT2D eigenvalue weighted by molar-refractivity contribution is 7.89. The maximum atomic E-state index is 12.0. The zero-order valence-corrected chi connectivity index (χ0v) is 10.9. The van der Waals surface area contributed by atoms with Gasteiger partial charge in [-0.05, 0) is 6.92 Å². The van der Waals surface area contributed by atoms with Gasteiger partial charge in [-0.25, -0.2) is 13.4 Å². The summed E-state index contributed by atoms with van der Waals surface area (Å²) in [4.78, 5) is 3.93. The smallest absolute Gasteiger partial charge is 0.262 e. The highest BCUT2D eigenvalue weighted by Crippen LogP contribution is 2.13. The Hall–Kier alpha value is -0.990. The summed E-state index contributed by atoms with van der Waals surface area (Å²) in [6, 6.07) is -0.540. The van der Waals surface area contributed by atoms with Crippen molar-refractivity contribution in [3.05, 3.63) is 12.5 Å². The number of aromatic nitrogens is 2. The summed E-state index contributed by atoms with van der Waals surface area (Å²) >= 11 is 4.76. The molecule has 6 nitrogen and oxygen atoms in total. The Morgan fingerprint density at radius 1 is 1.69 bits per heavy atom. The number of sulfonamides is 1. The Bertz CT molecular complexity index is 494. The summed E-state index contributed by atoms with van der Waals surface area (Å²) < 4.78 is 26.7. The molecule has 2 N–H and O–H groups in total. The summed E-state index contributed by atoms with van der Waals surface area (Å²) in [5, 5.41) is -0.0133. The molecule has 0 amide bonds. The van der Waals surface area contributed by atoms with Gasteiger partial charge in [0.25, 0.3) is 10.0 Å². The minimum Gasteiger partial charge on any atom is -0.392 e. The van der Waals surface area contributed by atoms with E-state index in [0.717, 1.165) is 4.31 Å². The van der Waals surface area contributed by atoms with Gasteiger partial charge >= 0.3 is 0 Å². The first kappa shape index (κ1) is 13.1. The van der Waals surface area contributed by atoms with E-state index in [9.17, 15) is 8.42 Å². The van der Waals surface area contributed by atoms with E-state index in [1.165, 1.54) is 19.6 Å². The van der Waals surface area contributed by atoms with Crippen molar-refractivity contribution in [3.8, 4) is 0 Å². The fourth-order valence-corrected chi connectivity index (χ4v) is 2.59. The van der Waals surface area contributed by atoms with Crippen LogP contribution in [0.3, 0.4) is 0 Å². The van der Waals surface area contributed by atoms with Crippen molar-refractivity contribution >= 4 is 27.2 Å². The Morgan fingerprint density at radius 2 is 2.25 bits per heavy atom. The third-order valence-electron chi connectivity index (χ3n) is 2.28. The predicted octanol–water partition coefficient (Wildman–Crippen LogP) is -0.285. The third kappa shape index (κ3) is 2.39. The van der Waals surface area contributed by atoms with Crippen LogP contribution in [0.1, 0.15) is 6.92 Å². The molecule has 0 saturated carbocycles. The van der Waals surface area contributed by atoms with Crippen molar-refractivity contribution in [3.63, 3.8) is 0 Å². The molecule has 0 aliphatic rings. The number of imidazole rings is 1. The van der Waals surface area contributed by atoms with Crippen molar-refractivity contribution < 1.29 is 8.42 Å². The van der Waals surface area contributed by atoms with Crippen molar-refractivity contribution in [2.45, 2.75) is 18.0 Å². The zero-order valence-electron chi connectivity index (χ0n) is 9.28. The SMILES string of the molecule is CC(C(N)=S)N(C)S(=O)(=O)c1cn(C)cn1. The lowest BCUT2D eigenvalue weighted by atomic mass is 10.3. The molecule has 1 aromatic heterocycles. The quantitative estimate of drug-likeness (QED) is 0.754. The van der Waals surface area contributed by atoms with Crippen LogP contribution in [0.25, 0.3) is 0 Å². The number of thiocarbonyl (C=S) groups is 1. The molecule has 1 unspecified atom stereocenters. The molecule has 1 aromatic rings. The molecule has 0 bridgehead atoms.